The molecule has 0 aliphatic carbocycles. The number of rotatable bonds is 2. The fourth-order valence-corrected chi connectivity index (χ4v) is 1.20. The molecule has 0 amide bonds. The van der Waals surface area contributed by atoms with Gasteiger partial charge < -0.3 is 5.11 Å². The summed E-state index contributed by atoms with van der Waals surface area (Å²) in [6.07, 6.45) is 4.93. The van der Waals surface area contributed by atoms with E-state index in [4.69, 9.17) is 5.11 Å². The molecule has 2 heterocycles. The molecule has 0 saturated heterocycles. The maximum Gasteiger partial charge on any atom is 0.250 e. The highest BCUT2D eigenvalue weighted by molar-refractivity contribution is 5.22. The number of hydrogen-bond donors (Lipinski definition) is 1. The highest BCUT2D eigenvalue weighted by Crippen LogP contribution is 2.09. The van der Waals surface area contributed by atoms with Crippen LogP contribution in [0, 0.1) is 6.92 Å². The summed E-state index contributed by atoms with van der Waals surface area (Å²) in [5.74, 6) is 0.518. The molecule has 2 aromatic rings. The first kappa shape index (κ1) is 8.83. The Morgan fingerprint density at radius 1 is 1.36 bits per heavy atom. The van der Waals surface area contributed by atoms with Crippen molar-refractivity contribution in [1.29, 1.82) is 0 Å². The SMILES string of the molecule is Cc1c(CO)cnn1-c1ncccn1. The molecule has 0 radical (unpaired) electrons. The Bertz CT molecular complexity index is 424. The first-order valence-electron chi connectivity index (χ1n) is 4.24. The van der Waals surface area contributed by atoms with Gasteiger partial charge in [-0.05, 0) is 13.0 Å². The first-order valence-corrected chi connectivity index (χ1v) is 4.24. The maximum atomic E-state index is 8.98. The van der Waals surface area contributed by atoms with Crippen LogP contribution in [0.25, 0.3) is 5.95 Å². The van der Waals surface area contributed by atoms with Gasteiger partial charge in [0, 0.05) is 23.7 Å². The fraction of sp³-hybridized carbons (Fsp3) is 0.222. The van der Waals surface area contributed by atoms with E-state index < -0.39 is 0 Å². The summed E-state index contributed by atoms with van der Waals surface area (Å²) in [5, 5.41) is 13.1. The van der Waals surface area contributed by atoms with Crippen molar-refractivity contribution in [3.63, 3.8) is 0 Å². The van der Waals surface area contributed by atoms with E-state index in [9.17, 15) is 0 Å². The topological polar surface area (TPSA) is 63.8 Å². The molecule has 2 aromatic heterocycles. The number of aliphatic hydroxyl groups excluding tert-OH is 1. The summed E-state index contributed by atoms with van der Waals surface area (Å²) in [6, 6.07) is 1.75. The van der Waals surface area contributed by atoms with Gasteiger partial charge in [0.1, 0.15) is 0 Å². The molecule has 0 atom stereocenters. The second kappa shape index (κ2) is 3.55. The average molecular weight is 190 g/mol. The Kier molecular flexibility index (Phi) is 2.24. The highest BCUT2D eigenvalue weighted by atomic mass is 16.3. The molecule has 0 aromatic carbocycles. The Hall–Kier alpha value is -1.75. The van der Waals surface area contributed by atoms with E-state index in [1.54, 1.807) is 29.3 Å². The van der Waals surface area contributed by atoms with Crippen molar-refractivity contribution in [2.75, 3.05) is 0 Å². The summed E-state index contributed by atoms with van der Waals surface area (Å²) >= 11 is 0. The van der Waals surface area contributed by atoms with Crippen molar-refractivity contribution in [3.05, 3.63) is 35.9 Å². The van der Waals surface area contributed by atoms with Crippen LogP contribution in [0.4, 0.5) is 0 Å². The molecule has 0 spiro atoms. The average Bonchev–Trinajstić information content (AvgIpc) is 2.61. The van der Waals surface area contributed by atoms with Gasteiger partial charge in [0.25, 0.3) is 5.95 Å². The van der Waals surface area contributed by atoms with Crippen molar-refractivity contribution in [2.24, 2.45) is 0 Å². The molecule has 0 aliphatic rings. The smallest absolute Gasteiger partial charge is 0.250 e. The van der Waals surface area contributed by atoms with Crippen molar-refractivity contribution in [2.45, 2.75) is 13.5 Å². The van der Waals surface area contributed by atoms with Crippen molar-refractivity contribution in [3.8, 4) is 5.95 Å². The van der Waals surface area contributed by atoms with Gasteiger partial charge in [0.2, 0.25) is 0 Å². The fourth-order valence-electron chi connectivity index (χ4n) is 1.20. The van der Waals surface area contributed by atoms with E-state index in [1.165, 1.54) is 0 Å². The Morgan fingerprint density at radius 3 is 2.64 bits per heavy atom. The predicted molar refractivity (Wildman–Crippen MR) is 49.8 cm³/mol. The summed E-state index contributed by atoms with van der Waals surface area (Å²) in [5.41, 5.74) is 1.65. The zero-order valence-electron chi connectivity index (χ0n) is 7.75. The molecule has 5 heteroatoms. The summed E-state index contributed by atoms with van der Waals surface area (Å²) < 4.78 is 1.60. The molecule has 0 fully saturated rings. The zero-order chi connectivity index (χ0) is 9.97. The summed E-state index contributed by atoms with van der Waals surface area (Å²) in [6.45, 7) is 1.85. The lowest BCUT2D eigenvalue weighted by atomic mass is 10.3. The van der Waals surface area contributed by atoms with Crippen molar-refractivity contribution >= 4 is 0 Å². The number of aliphatic hydroxyl groups is 1. The molecule has 72 valence electrons. The summed E-state index contributed by atoms with van der Waals surface area (Å²) in [4.78, 5) is 8.13. The van der Waals surface area contributed by atoms with Crippen LogP contribution in [0.5, 0.6) is 0 Å². The van der Waals surface area contributed by atoms with Crippen molar-refractivity contribution in [1.82, 2.24) is 19.7 Å². The molecule has 0 unspecified atom stereocenters. The molecule has 0 aliphatic heterocycles. The second-order valence-corrected chi connectivity index (χ2v) is 2.87. The van der Waals surface area contributed by atoms with E-state index in [2.05, 4.69) is 15.1 Å². The Labute approximate surface area is 81.1 Å². The van der Waals surface area contributed by atoms with Crippen molar-refractivity contribution < 1.29 is 5.11 Å². The van der Waals surface area contributed by atoms with Crippen LogP contribution in [0.2, 0.25) is 0 Å². The largest absolute Gasteiger partial charge is 0.392 e. The van der Waals surface area contributed by atoms with E-state index in [0.717, 1.165) is 11.3 Å². The van der Waals surface area contributed by atoms with Gasteiger partial charge in [-0.25, -0.2) is 14.6 Å². The van der Waals surface area contributed by atoms with E-state index in [1.807, 2.05) is 6.92 Å². The third-order valence-electron chi connectivity index (χ3n) is 2.02. The number of nitrogens with zero attached hydrogens (tertiary/aromatic N) is 4. The third-order valence-corrected chi connectivity index (χ3v) is 2.02. The Balaban J connectivity index is 2.48. The first-order chi connectivity index (χ1) is 6.83. The molecule has 0 saturated carbocycles. The third kappa shape index (κ3) is 1.38. The standard InChI is InChI=1S/C9H10N4O/c1-7-8(6-14)5-12-13(7)9-10-3-2-4-11-9/h2-5,14H,6H2,1H3. The number of aromatic nitrogens is 4. The molecule has 5 nitrogen and oxygen atoms in total. The minimum atomic E-state index is -0.0152. The van der Waals surface area contributed by atoms with Gasteiger partial charge in [-0.15, -0.1) is 0 Å². The minimum Gasteiger partial charge on any atom is -0.392 e. The van der Waals surface area contributed by atoms with E-state index in [0.29, 0.717) is 5.95 Å². The minimum absolute atomic E-state index is 0.0152. The van der Waals surface area contributed by atoms with Crippen LogP contribution in [-0.2, 0) is 6.61 Å². The quantitative estimate of drug-likeness (QED) is 0.747. The van der Waals surface area contributed by atoms with Gasteiger partial charge in [-0.1, -0.05) is 0 Å². The van der Waals surface area contributed by atoms with Crippen LogP contribution in [0.15, 0.2) is 24.7 Å². The molecule has 14 heavy (non-hydrogen) atoms. The van der Waals surface area contributed by atoms with Crippen LogP contribution in [-0.4, -0.2) is 24.9 Å². The van der Waals surface area contributed by atoms with Crippen LogP contribution in [0.3, 0.4) is 0 Å². The highest BCUT2D eigenvalue weighted by Gasteiger charge is 2.07. The predicted octanol–water partition coefficient (Wildman–Crippen LogP) is 0.463. The number of hydrogen-bond acceptors (Lipinski definition) is 4. The monoisotopic (exact) mass is 190 g/mol. The molecule has 2 rings (SSSR count). The van der Waals surface area contributed by atoms with Crippen LogP contribution < -0.4 is 0 Å². The Morgan fingerprint density at radius 2 is 2.07 bits per heavy atom. The van der Waals surface area contributed by atoms with E-state index >= 15 is 0 Å². The van der Waals surface area contributed by atoms with Crippen LogP contribution >= 0.6 is 0 Å². The molecular formula is C9H10N4O. The van der Waals surface area contributed by atoms with Gasteiger partial charge in [-0.2, -0.15) is 5.10 Å². The van der Waals surface area contributed by atoms with Crippen LogP contribution in [0.1, 0.15) is 11.3 Å². The van der Waals surface area contributed by atoms with Gasteiger partial charge in [0.05, 0.1) is 12.8 Å². The van der Waals surface area contributed by atoms with E-state index in [-0.39, 0.29) is 6.61 Å². The normalized spacial score (nSPS) is 10.4. The summed E-state index contributed by atoms with van der Waals surface area (Å²) in [7, 11) is 0. The lowest BCUT2D eigenvalue weighted by Crippen LogP contribution is -2.04. The molecule has 1 N–H and O–H groups in total. The van der Waals surface area contributed by atoms with Gasteiger partial charge in [0.15, 0.2) is 0 Å². The van der Waals surface area contributed by atoms with Gasteiger partial charge in [-0.3, -0.25) is 0 Å². The second-order valence-electron chi connectivity index (χ2n) is 2.87. The molecule has 0 bridgehead atoms. The molecular weight excluding hydrogens is 180 g/mol. The lowest BCUT2D eigenvalue weighted by Gasteiger charge is -2.01. The zero-order valence-corrected chi connectivity index (χ0v) is 7.75. The van der Waals surface area contributed by atoms with Gasteiger partial charge >= 0.3 is 0 Å². The maximum absolute atomic E-state index is 8.98. The lowest BCUT2D eigenvalue weighted by molar-refractivity contribution is 0.281.